The molecule has 2 rings (SSSR count). The van der Waals surface area contributed by atoms with Crippen molar-refractivity contribution in [2.24, 2.45) is 5.92 Å². The van der Waals surface area contributed by atoms with Crippen molar-refractivity contribution < 1.29 is 9.84 Å². The predicted molar refractivity (Wildman–Crippen MR) is 87.5 cm³/mol. The molecule has 0 radical (unpaired) electrons. The zero-order valence-electron chi connectivity index (χ0n) is 13.0. The number of hydrogen-bond acceptors (Lipinski definition) is 3. The summed E-state index contributed by atoms with van der Waals surface area (Å²) >= 11 is 0. The fourth-order valence-electron chi connectivity index (χ4n) is 2.99. The monoisotopic (exact) mass is 289 g/mol. The van der Waals surface area contributed by atoms with Gasteiger partial charge in [-0.05, 0) is 55.8 Å². The van der Waals surface area contributed by atoms with Crippen LogP contribution in [-0.2, 0) is 0 Å². The molecule has 21 heavy (non-hydrogen) atoms. The summed E-state index contributed by atoms with van der Waals surface area (Å²) in [7, 11) is 1.69. The molecule has 1 heterocycles. The van der Waals surface area contributed by atoms with Crippen molar-refractivity contribution in [2.75, 3.05) is 33.4 Å². The van der Waals surface area contributed by atoms with Gasteiger partial charge in [-0.15, -0.1) is 0 Å². The van der Waals surface area contributed by atoms with Crippen molar-refractivity contribution in [3.63, 3.8) is 0 Å². The van der Waals surface area contributed by atoms with E-state index < -0.39 is 0 Å². The van der Waals surface area contributed by atoms with Gasteiger partial charge in [-0.1, -0.05) is 24.3 Å². The van der Waals surface area contributed by atoms with Gasteiger partial charge >= 0.3 is 0 Å². The predicted octanol–water partition coefficient (Wildman–Crippen LogP) is 3.19. The molecule has 1 N–H and O–H groups in total. The van der Waals surface area contributed by atoms with Crippen molar-refractivity contribution in [3.05, 3.63) is 35.9 Å². The number of benzene rings is 1. The number of rotatable bonds is 7. The van der Waals surface area contributed by atoms with Crippen molar-refractivity contribution in [2.45, 2.75) is 25.7 Å². The molecular weight excluding hydrogens is 262 g/mol. The van der Waals surface area contributed by atoms with Gasteiger partial charge in [-0.3, -0.25) is 4.90 Å². The van der Waals surface area contributed by atoms with E-state index in [4.69, 9.17) is 9.84 Å². The van der Waals surface area contributed by atoms with E-state index in [0.29, 0.717) is 6.61 Å². The number of ether oxygens (including phenoxy) is 1. The average molecular weight is 289 g/mol. The van der Waals surface area contributed by atoms with Gasteiger partial charge in [0.1, 0.15) is 5.75 Å². The summed E-state index contributed by atoms with van der Waals surface area (Å²) in [5.74, 6) is 1.66. The Hall–Kier alpha value is -1.32. The van der Waals surface area contributed by atoms with E-state index in [0.717, 1.165) is 31.1 Å². The van der Waals surface area contributed by atoms with E-state index in [1.807, 2.05) is 12.1 Å². The van der Waals surface area contributed by atoms with Crippen molar-refractivity contribution in [1.29, 1.82) is 0 Å². The molecule has 1 aromatic rings. The molecule has 1 aliphatic heterocycles. The summed E-state index contributed by atoms with van der Waals surface area (Å²) in [5.41, 5.74) is 1.21. The highest BCUT2D eigenvalue weighted by atomic mass is 16.5. The number of aliphatic hydroxyl groups excluding tert-OH is 1. The van der Waals surface area contributed by atoms with Gasteiger partial charge in [0.05, 0.1) is 7.11 Å². The molecule has 1 unspecified atom stereocenters. The third-order valence-corrected chi connectivity index (χ3v) is 4.16. The highest BCUT2D eigenvalue weighted by Gasteiger charge is 2.18. The molecule has 1 aromatic carbocycles. The van der Waals surface area contributed by atoms with E-state index in [-0.39, 0.29) is 0 Å². The molecule has 0 aliphatic carbocycles. The summed E-state index contributed by atoms with van der Waals surface area (Å²) < 4.78 is 5.16. The molecular formula is C18H27NO2. The van der Waals surface area contributed by atoms with Crippen molar-refractivity contribution in [3.8, 4) is 5.75 Å². The molecule has 0 saturated carbocycles. The van der Waals surface area contributed by atoms with E-state index in [1.54, 1.807) is 7.11 Å². The largest absolute Gasteiger partial charge is 0.497 e. The summed E-state index contributed by atoms with van der Waals surface area (Å²) in [4.78, 5) is 2.52. The highest BCUT2D eigenvalue weighted by Crippen LogP contribution is 2.20. The smallest absolute Gasteiger partial charge is 0.118 e. The Balaban J connectivity index is 1.77. The van der Waals surface area contributed by atoms with Crippen LogP contribution in [0.4, 0.5) is 0 Å². The van der Waals surface area contributed by atoms with Crippen molar-refractivity contribution in [1.82, 2.24) is 4.90 Å². The first kappa shape index (κ1) is 16.1. The van der Waals surface area contributed by atoms with Crippen LogP contribution in [-0.4, -0.2) is 43.4 Å². The maximum Gasteiger partial charge on any atom is 0.118 e. The Morgan fingerprint density at radius 3 is 2.86 bits per heavy atom. The zero-order valence-corrected chi connectivity index (χ0v) is 13.0. The van der Waals surface area contributed by atoms with Gasteiger partial charge in [-0.25, -0.2) is 0 Å². The van der Waals surface area contributed by atoms with Gasteiger partial charge in [0, 0.05) is 19.7 Å². The highest BCUT2D eigenvalue weighted by molar-refractivity contribution is 5.50. The second kappa shape index (κ2) is 8.85. The minimum absolute atomic E-state index is 0.327. The summed E-state index contributed by atoms with van der Waals surface area (Å²) in [6.07, 6.45) is 9.13. The maximum absolute atomic E-state index is 8.93. The third kappa shape index (κ3) is 5.52. The topological polar surface area (TPSA) is 32.7 Å². The molecule has 0 aromatic heterocycles. The Morgan fingerprint density at radius 1 is 1.33 bits per heavy atom. The normalized spacial score (nSPS) is 20.0. The quantitative estimate of drug-likeness (QED) is 0.836. The lowest BCUT2D eigenvalue weighted by Crippen LogP contribution is -2.35. The lowest BCUT2D eigenvalue weighted by molar-refractivity contribution is 0.173. The Labute approximate surface area is 128 Å². The lowest BCUT2D eigenvalue weighted by Gasteiger charge is -2.31. The number of methoxy groups -OCH3 is 1. The van der Waals surface area contributed by atoms with Gasteiger partial charge in [0.2, 0.25) is 0 Å². The van der Waals surface area contributed by atoms with Gasteiger partial charge < -0.3 is 9.84 Å². The van der Waals surface area contributed by atoms with Crippen LogP contribution in [0.3, 0.4) is 0 Å². The standard InChI is InChI=1S/C18H27NO2/c1-21-18-10-8-16(9-11-18)5-2-12-19-13-3-6-17(15-19)7-4-14-20/h2,5,8-11,17,20H,3-4,6-7,12-15H2,1H3. The number of piperidine rings is 1. The van der Waals surface area contributed by atoms with Crippen LogP contribution in [0.5, 0.6) is 5.75 Å². The molecule has 0 spiro atoms. The molecule has 0 amide bonds. The van der Waals surface area contributed by atoms with Crippen LogP contribution >= 0.6 is 0 Å². The Kier molecular flexibility index (Phi) is 6.77. The fourth-order valence-corrected chi connectivity index (χ4v) is 2.99. The van der Waals surface area contributed by atoms with E-state index in [9.17, 15) is 0 Å². The van der Waals surface area contributed by atoms with Gasteiger partial charge in [0.15, 0.2) is 0 Å². The summed E-state index contributed by atoms with van der Waals surface area (Å²) in [5, 5.41) is 8.93. The SMILES string of the molecule is COc1ccc(C=CCN2CCCC(CCCO)C2)cc1. The molecule has 116 valence electrons. The van der Waals surface area contributed by atoms with Crippen molar-refractivity contribution >= 4 is 6.08 Å². The lowest BCUT2D eigenvalue weighted by atomic mass is 9.93. The summed E-state index contributed by atoms with van der Waals surface area (Å²) in [6, 6.07) is 8.14. The van der Waals surface area contributed by atoms with Crippen LogP contribution in [0.1, 0.15) is 31.2 Å². The van der Waals surface area contributed by atoms with Crippen LogP contribution in [0, 0.1) is 5.92 Å². The Morgan fingerprint density at radius 2 is 2.14 bits per heavy atom. The molecule has 1 saturated heterocycles. The number of likely N-dealkylation sites (tertiary alicyclic amines) is 1. The molecule has 1 fully saturated rings. The van der Waals surface area contributed by atoms with Gasteiger partial charge in [-0.2, -0.15) is 0 Å². The van der Waals surface area contributed by atoms with Gasteiger partial charge in [0.25, 0.3) is 0 Å². The third-order valence-electron chi connectivity index (χ3n) is 4.16. The average Bonchev–Trinajstić information content (AvgIpc) is 2.54. The molecule has 3 nitrogen and oxygen atoms in total. The van der Waals surface area contributed by atoms with Crippen LogP contribution in [0.2, 0.25) is 0 Å². The molecule has 1 atom stereocenters. The second-order valence-electron chi connectivity index (χ2n) is 5.81. The Bertz CT molecular complexity index is 427. The first-order valence-electron chi connectivity index (χ1n) is 7.95. The summed E-state index contributed by atoms with van der Waals surface area (Å²) in [6.45, 7) is 3.71. The van der Waals surface area contributed by atoms with Crippen LogP contribution < -0.4 is 4.74 Å². The first-order valence-corrected chi connectivity index (χ1v) is 7.95. The number of hydrogen-bond donors (Lipinski definition) is 1. The van der Waals surface area contributed by atoms with Crippen LogP contribution in [0.25, 0.3) is 6.08 Å². The fraction of sp³-hybridized carbons (Fsp3) is 0.556. The maximum atomic E-state index is 8.93. The molecule has 0 bridgehead atoms. The van der Waals surface area contributed by atoms with E-state index in [2.05, 4.69) is 29.2 Å². The number of aliphatic hydroxyl groups is 1. The number of nitrogens with zero attached hydrogens (tertiary/aromatic N) is 1. The van der Waals surface area contributed by atoms with E-state index >= 15 is 0 Å². The second-order valence-corrected chi connectivity index (χ2v) is 5.81. The first-order chi connectivity index (χ1) is 10.3. The minimum Gasteiger partial charge on any atom is -0.497 e. The van der Waals surface area contributed by atoms with E-state index in [1.165, 1.54) is 31.5 Å². The minimum atomic E-state index is 0.327. The zero-order chi connectivity index (χ0) is 14.9. The van der Waals surface area contributed by atoms with Crippen LogP contribution in [0.15, 0.2) is 30.3 Å². The molecule has 3 heteroatoms. The molecule has 1 aliphatic rings.